The summed E-state index contributed by atoms with van der Waals surface area (Å²) in [6.45, 7) is 2.00. The van der Waals surface area contributed by atoms with Gasteiger partial charge in [0.15, 0.2) is 5.11 Å². The molecule has 120 valence electrons. The molecule has 0 unspecified atom stereocenters. The number of aromatic carboxylic acids is 1. The Morgan fingerprint density at radius 2 is 1.96 bits per heavy atom. The molecule has 0 saturated carbocycles. The number of nitrogens with one attached hydrogen (secondary N) is 2. The number of fused-ring (bicyclic) bond motifs is 1. The minimum absolute atomic E-state index is 0.388. The van der Waals surface area contributed by atoms with Crippen molar-refractivity contribution < 1.29 is 9.90 Å². The van der Waals surface area contributed by atoms with Crippen LogP contribution in [0.3, 0.4) is 0 Å². The monoisotopic (exact) mass is 346 g/mol. The van der Waals surface area contributed by atoms with Crippen LogP contribution >= 0.6 is 23.6 Å². The molecule has 1 aromatic heterocycles. The second kappa shape index (κ2) is 6.68. The molecule has 1 aliphatic rings. The fourth-order valence-corrected chi connectivity index (χ4v) is 4.41. The Balaban J connectivity index is 1.82. The van der Waals surface area contributed by atoms with Crippen LogP contribution in [0.5, 0.6) is 0 Å². The lowest BCUT2D eigenvalue weighted by Crippen LogP contribution is -2.20. The van der Waals surface area contributed by atoms with Gasteiger partial charge in [0.25, 0.3) is 0 Å². The van der Waals surface area contributed by atoms with E-state index in [2.05, 4.69) is 10.6 Å². The maximum absolute atomic E-state index is 11.7. The van der Waals surface area contributed by atoms with Crippen LogP contribution in [0.2, 0.25) is 0 Å². The zero-order valence-corrected chi connectivity index (χ0v) is 14.4. The normalized spacial score (nSPS) is 13.3. The van der Waals surface area contributed by atoms with E-state index in [0.29, 0.717) is 15.7 Å². The van der Waals surface area contributed by atoms with E-state index in [0.717, 1.165) is 42.5 Å². The fourth-order valence-electron chi connectivity index (χ4n) is 2.85. The van der Waals surface area contributed by atoms with Crippen molar-refractivity contribution in [2.45, 2.75) is 32.6 Å². The van der Waals surface area contributed by atoms with Gasteiger partial charge in [-0.3, -0.25) is 0 Å². The summed E-state index contributed by atoms with van der Waals surface area (Å²) >= 11 is 6.87. The Morgan fingerprint density at radius 3 is 2.70 bits per heavy atom. The van der Waals surface area contributed by atoms with E-state index in [1.165, 1.54) is 16.2 Å². The van der Waals surface area contributed by atoms with Gasteiger partial charge in [0.2, 0.25) is 0 Å². The molecule has 1 aliphatic carbocycles. The minimum Gasteiger partial charge on any atom is -0.478 e. The van der Waals surface area contributed by atoms with E-state index < -0.39 is 5.97 Å². The first-order chi connectivity index (χ1) is 11.1. The molecule has 4 nitrogen and oxygen atoms in total. The third-order valence-electron chi connectivity index (χ3n) is 4.01. The molecule has 0 saturated heterocycles. The van der Waals surface area contributed by atoms with Crippen molar-refractivity contribution in [3.05, 3.63) is 45.8 Å². The minimum atomic E-state index is -0.884. The number of rotatable bonds is 3. The summed E-state index contributed by atoms with van der Waals surface area (Å²) in [5.41, 5.74) is 3.37. The van der Waals surface area contributed by atoms with Gasteiger partial charge in [0.1, 0.15) is 5.00 Å². The largest absolute Gasteiger partial charge is 0.478 e. The molecule has 0 radical (unpaired) electrons. The summed E-state index contributed by atoms with van der Waals surface area (Å²) in [7, 11) is 0. The van der Waals surface area contributed by atoms with Gasteiger partial charge in [-0.25, -0.2) is 4.79 Å². The third kappa shape index (κ3) is 3.38. The molecule has 0 atom stereocenters. The van der Waals surface area contributed by atoms with Crippen LogP contribution in [0.4, 0.5) is 10.7 Å². The number of para-hydroxylation sites is 1. The SMILES string of the molecule is Cc1ccccc1NC(=S)Nc1sc2c(c1C(=O)O)CCCC2. The summed E-state index contributed by atoms with van der Waals surface area (Å²) in [6.07, 6.45) is 3.97. The highest BCUT2D eigenvalue weighted by atomic mass is 32.1. The first-order valence-corrected chi connectivity index (χ1v) is 8.80. The lowest BCUT2D eigenvalue weighted by molar-refractivity contribution is 0.0697. The number of anilines is 2. The molecule has 3 rings (SSSR count). The van der Waals surface area contributed by atoms with Crippen LogP contribution in [0, 0.1) is 6.92 Å². The Hall–Kier alpha value is -1.92. The topological polar surface area (TPSA) is 61.4 Å². The highest BCUT2D eigenvalue weighted by Crippen LogP contribution is 2.38. The van der Waals surface area contributed by atoms with Gasteiger partial charge in [0.05, 0.1) is 5.56 Å². The van der Waals surface area contributed by atoms with Gasteiger partial charge >= 0.3 is 5.97 Å². The van der Waals surface area contributed by atoms with Crippen molar-refractivity contribution in [1.82, 2.24) is 0 Å². The second-order valence-electron chi connectivity index (χ2n) is 5.61. The van der Waals surface area contributed by atoms with E-state index in [9.17, 15) is 9.90 Å². The molecule has 2 aromatic rings. The molecule has 0 bridgehead atoms. The molecule has 0 fully saturated rings. The van der Waals surface area contributed by atoms with Gasteiger partial charge in [-0.15, -0.1) is 11.3 Å². The van der Waals surface area contributed by atoms with Crippen LogP contribution < -0.4 is 10.6 Å². The summed E-state index contributed by atoms with van der Waals surface area (Å²) in [6, 6.07) is 7.84. The van der Waals surface area contributed by atoms with Crippen molar-refractivity contribution in [3.8, 4) is 0 Å². The van der Waals surface area contributed by atoms with Crippen molar-refractivity contribution in [2.75, 3.05) is 10.6 Å². The highest BCUT2D eigenvalue weighted by Gasteiger charge is 2.25. The van der Waals surface area contributed by atoms with Crippen LogP contribution in [0.1, 0.15) is 39.2 Å². The lowest BCUT2D eigenvalue weighted by Gasteiger charge is -2.12. The van der Waals surface area contributed by atoms with Gasteiger partial charge in [0, 0.05) is 10.6 Å². The molecule has 1 aromatic carbocycles. The quantitative estimate of drug-likeness (QED) is 0.717. The number of carboxylic acids is 1. The number of benzene rings is 1. The summed E-state index contributed by atoms with van der Waals surface area (Å²) in [5, 5.41) is 16.8. The maximum Gasteiger partial charge on any atom is 0.339 e. The molecule has 6 heteroatoms. The van der Waals surface area contributed by atoms with E-state index in [1.807, 2.05) is 31.2 Å². The van der Waals surface area contributed by atoms with Crippen molar-refractivity contribution in [3.63, 3.8) is 0 Å². The molecule has 0 amide bonds. The first-order valence-electron chi connectivity index (χ1n) is 7.57. The maximum atomic E-state index is 11.7. The molecular weight excluding hydrogens is 328 g/mol. The number of carbonyl (C=O) groups is 1. The van der Waals surface area contributed by atoms with Crippen LogP contribution in [0.15, 0.2) is 24.3 Å². The number of aryl methyl sites for hydroxylation is 2. The zero-order chi connectivity index (χ0) is 16.4. The number of thiophene rings is 1. The Kier molecular flexibility index (Phi) is 4.63. The predicted octanol–water partition coefficient (Wildman–Crippen LogP) is 4.44. The third-order valence-corrected chi connectivity index (χ3v) is 5.42. The molecule has 23 heavy (non-hydrogen) atoms. The van der Waals surface area contributed by atoms with Crippen molar-refractivity contribution in [2.24, 2.45) is 0 Å². The standard InChI is InChI=1S/C17H18N2O2S2/c1-10-6-2-4-8-12(10)18-17(22)19-15-14(16(20)21)11-7-3-5-9-13(11)23-15/h2,4,6,8H,3,5,7,9H2,1H3,(H,20,21)(H2,18,19,22). The van der Waals surface area contributed by atoms with Gasteiger partial charge < -0.3 is 15.7 Å². The average Bonchev–Trinajstić information content (AvgIpc) is 2.87. The smallest absolute Gasteiger partial charge is 0.339 e. The van der Waals surface area contributed by atoms with Crippen LogP contribution in [-0.4, -0.2) is 16.2 Å². The van der Waals surface area contributed by atoms with Crippen LogP contribution in [-0.2, 0) is 12.8 Å². The van der Waals surface area contributed by atoms with E-state index >= 15 is 0 Å². The van der Waals surface area contributed by atoms with E-state index in [1.54, 1.807) is 0 Å². The zero-order valence-electron chi connectivity index (χ0n) is 12.8. The van der Waals surface area contributed by atoms with Gasteiger partial charge in [-0.2, -0.15) is 0 Å². The number of thiocarbonyl (C=S) groups is 1. The Bertz CT molecular complexity index is 768. The van der Waals surface area contributed by atoms with E-state index in [-0.39, 0.29) is 0 Å². The lowest BCUT2D eigenvalue weighted by atomic mass is 9.95. The van der Waals surface area contributed by atoms with Crippen molar-refractivity contribution in [1.29, 1.82) is 0 Å². The van der Waals surface area contributed by atoms with E-state index in [4.69, 9.17) is 12.2 Å². The van der Waals surface area contributed by atoms with Crippen molar-refractivity contribution >= 4 is 45.3 Å². The first kappa shape index (κ1) is 16.0. The van der Waals surface area contributed by atoms with Gasteiger partial charge in [-0.1, -0.05) is 18.2 Å². The molecular formula is C17H18N2O2S2. The fraction of sp³-hybridized carbons (Fsp3) is 0.294. The number of carboxylic acid groups (broad SMARTS) is 1. The highest BCUT2D eigenvalue weighted by molar-refractivity contribution is 7.80. The summed E-state index contributed by atoms with van der Waals surface area (Å²) < 4.78 is 0. The molecule has 0 spiro atoms. The molecule has 3 N–H and O–H groups in total. The predicted molar refractivity (Wildman–Crippen MR) is 98.9 cm³/mol. The molecule has 1 heterocycles. The second-order valence-corrected chi connectivity index (χ2v) is 7.13. The van der Waals surface area contributed by atoms with Crippen LogP contribution in [0.25, 0.3) is 0 Å². The Labute approximate surface area is 144 Å². The summed E-state index contributed by atoms with van der Waals surface area (Å²) in [5.74, 6) is -0.884. The number of hydrogen-bond donors (Lipinski definition) is 3. The average molecular weight is 346 g/mol. The number of hydrogen-bond acceptors (Lipinski definition) is 3. The Morgan fingerprint density at radius 1 is 1.22 bits per heavy atom. The summed E-state index contributed by atoms with van der Waals surface area (Å²) in [4.78, 5) is 12.8. The molecule has 0 aliphatic heterocycles. The van der Waals surface area contributed by atoms with Gasteiger partial charge in [-0.05, 0) is 62.0 Å².